The number of pyridine rings is 1. The lowest BCUT2D eigenvalue weighted by atomic mass is 10.0. The van der Waals surface area contributed by atoms with Crippen molar-refractivity contribution in [1.29, 1.82) is 0 Å². The summed E-state index contributed by atoms with van der Waals surface area (Å²) in [6.45, 7) is 4.85. The number of hydrogen-bond acceptors (Lipinski definition) is 3. The van der Waals surface area contributed by atoms with E-state index < -0.39 is 0 Å². The predicted octanol–water partition coefficient (Wildman–Crippen LogP) is 1.92. The minimum absolute atomic E-state index is 0.0653. The zero-order valence-corrected chi connectivity index (χ0v) is 8.41. The highest BCUT2D eigenvalue weighted by Crippen LogP contribution is 2.20. The van der Waals surface area contributed by atoms with Crippen LogP contribution in [0.4, 0.5) is 0 Å². The number of hydrogen-bond donors (Lipinski definition) is 0. The molecule has 0 bridgehead atoms. The second kappa shape index (κ2) is 3.50. The quantitative estimate of drug-likeness (QED) is 0.680. The van der Waals surface area contributed by atoms with Gasteiger partial charge in [0.25, 0.3) is 0 Å². The Balaban J connectivity index is 2.46. The first-order valence-corrected chi connectivity index (χ1v) is 4.78. The van der Waals surface area contributed by atoms with Crippen molar-refractivity contribution in [2.24, 2.45) is 0 Å². The Morgan fingerprint density at radius 3 is 2.93 bits per heavy atom. The van der Waals surface area contributed by atoms with Crippen molar-refractivity contribution >= 4 is 5.78 Å². The van der Waals surface area contributed by atoms with Crippen molar-refractivity contribution < 1.29 is 9.53 Å². The van der Waals surface area contributed by atoms with Gasteiger partial charge >= 0.3 is 0 Å². The fraction of sp³-hybridized carbons (Fsp3) is 0.455. The first-order chi connectivity index (χ1) is 6.68. The summed E-state index contributed by atoms with van der Waals surface area (Å²) < 4.78 is 5.12. The van der Waals surface area contributed by atoms with Crippen molar-refractivity contribution in [1.82, 2.24) is 4.98 Å². The minimum Gasteiger partial charge on any atom is -0.369 e. The van der Waals surface area contributed by atoms with Crippen LogP contribution in [-0.4, -0.2) is 17.4 Å². The maximum Gasteiger partial charge on any atom is 0.188 e. The molecule has 0 N–H and O–H groups in total. The van der Waals surface area contributed by atoms with E-state index in [9.17, 15) is 4.79 Å². The Labute approximate surface area is 83.1 Å². The highest BCUT2D eigenvalue weighted by molar-refractivity contribution is 5.99. The number of ether oxygens (including phenoxy) is 1. The molecule has 1 aliphatic heterocycles. The van der Waals surface area contributed by atoms with Crippen LogP contribution < -0.4 is 0 Å². The minimum atomic E-state index is 0.0653. The Morgan fingerprint density at radius 1 is 1.43 bits per heavy atom. The van der Waals surface area contributed by atoms with Gasteiger partial charge in [-0.2, -0.15) is 0 Å². The molecular formula is C11H13NO2. The fourth-order valence-electron chi connectivity index (χ4n) is 1.52. The molecule has 0 saturated carbocycles. The van der Waals surface area contributed by atoms with Crippen LogP contribution in [-0.2, 0) is 11.3 Å². The van der Waals surface area contributed by atoms with Crippen LogP contribution >= 0.6 is 0 Å². The molecular weight excluding hydrogens is 178 g/mol. The summed E-state index contributed by atoms with van der Waals surface area (Å²) >= 11 is 0. The number of rotatable bonds is 1. The average molecular weight is 191 g/mol. The van der Waals surface area contributed by atoms with Crippen LogP contribution in [0.3, 0.4) is 0 Å². The molecule has 3 heteroatoms. The second-order valence-electron chi connectivity index (χ2n) is 3.84. The van der Waals surface area contributed by atoms with E-state index in [0.717, 1.165) is 16.8 Å². The lowest BCUT2D eigenvalue weighted by Crippen LogP contribution is -2.19. The molecule has 1 aromatic rings. The maximum atomic E-state index is 11.5. The molecule has 0 radical (unpaired) electrons. The van der Waals surface area contributed by atoms with Crippen molar-refractivity contribution in [2.75, 3.05) is 6.61 Å². The Hall–Kier alpha value is -1.22. The molecule has 0 aromatic carbocycles. The van der Waals surface area contributed by atoms with Crippen molar-refractivity contribution in [2.45, 2.75) is 26.4 Å². The highest BCUT2D eigenvalue weighted by Gasteiger charge is 2.18. The molecule has 3 nitrogen and oxygen atoms in total. The standard InChI is InChI=1S/C11H13NO2/c1-7(2)10-3-9-8(4-12-10)5-14-6-11(9)13/h3-4,7H,5-6H2,1-2H3. The molecule has 14 heavy (non-hydrogen) atoms. The SMILES string of the molecule is CC(C)c1cc2c(cn1)COCC2=O. The summed E-state index contributed by atoms with van der Waals surface area (Å²) in [7, 11) is 0. The molecule has 0 aliphatic carbocycles. The van der Waals surface area contributed by atoms with Gasteiger partial charge in [-0.1, -0.05) is 13.8 Å². The molecule has 74 valence electrons. The third-order valence-electron chi connectivity index (χ3n) is 2.39. The van der Waals surface area contributed by atoms with Crippen molar-refractivity contribution in [3.63, 3.8) is 0 Å². The predicted molar refractivity (Wildman–Crippen MR) is 52.3 cm³/mol. The van der Waals surface area contributed by atoms with Crippen molar-refractivity contribution in [3.8, 4) is 0 Å². The molecule has 0 saturated heterocycles. The Kier molecular flexibility index (Phi) is 2.33. The van der Waals surface area contributed by atoms with Crippen LogP contribution in [0.2, 0.25) is 0 Å². The van der Waals surface area contributed by atoms with Crippen molar-refractivity contribution in [3.05, 3.63) is 29.1 Å². The first-order valence-electron chi connectivity index (χ1n) is 4.78. The number of nitrogens with zero attached hydrogens (tertiary/aromatic N) is 1. The molecule has 2 heterocycles. The van der Waals surface area contributed by atoms with E-state index in [2.05, 4.69) is 18.8 Å². The van der Waals surface area contributed by atoms with Gasteiger partial charge in [0.05, 0.1) is 6.61 Å². The lowest BCUT2D eigenvalue weighted by molar-refractivity contribution is 0.0664. The van der Waals surface area contributed by atoms with Gasteiger partial charge in [-0.15, -0.1) is 0 Å². The van der Waals surface area contributed by atoms with Gasteiger partial charge in [0.15, 0.2) is 5.78 Å². The van der Waals surface area contributed by atoms with E-state index in [1.165, 1.54) is 0 Å². The van der Waals surface area contributed by atoms with Crippen LogP contribution in [0.1, 0.15) is 41.4 Å². The summed E-state index contributed by atoms with van der Waals surface area (Å²) in [6.07, 6.45) is 1.75. The molecule has 1 aliphatic rings. The summed E-state index contributed by atoms with van der Waals surface area (Å²) in [4.78, 5) is 15.8. The van der Waals surface area contributed by atoms with Gasteiger partial charge in [0.1, 0.15) is 6.61 Å². The van der Waals surface area contributed by atoms with E-state index in [1.54, 1.807) is 6.20 Å². The molecule has 0 amide bonds. The number of Topliss-reactive ketones (excluding diaryl/α,β-unsaturated/α-hetero) is 1. The number of ketones is 1. The second-order valence-corrected chi connectivity index (χ2v) is 3.84. The van der Waals surface area contributed by atoms with Gasteiger partial charge in [0.2, 0.25) is 0 Å². The zero-order chi connectivity index (χ0) is 10.1. The molecule has 0 fully saturated rings. The van der Waals surface area contributed by atoms with Gasteiger partial charge in [-0.05, 0) is 12.0 Å². The summed E-state index contributed by atoms with van der Waals surface area (Å²) in [5, 5.41) is 0. The molecule has 0 atom stereocenters. The molecule has 0 spiro atoms. The maximum absolute atomic E-state index is 11.5. The molecule has 0 unspecified atom stereocenters. The smallest absolute Gasteiger partial charge is 0.188 e. The fourth-order valence-corrected chi connectivity index (χ4v) is 1.52. The van der Waals surface area contributed by atoms with Gasteiger partial charge in [-0.3, -0.25) is 9.78 Å². The van der Waals surface area contributed by atoms with Gasteiger partial charge in [0, 0.05) is 23.0 Å². The van der Waals surface area contributed by atoms with Crippen LogP contribution in [0.15, 0.2) is 12.3 Å². The highest BCUT2D eigenvalue weighted by atomic mass is 16.5. The Bertz CT molecular complexity index is 372. The van der Waals surface area contributed by atoms with Crippen LogP contribution in [0.5, 0.6) is 0 Å². The number of fused-ring (bicyclic) bond motifs is 1. The monoisotopic (exact) mass is 191 g/mol. The van der Waals surface area contributed by atoms with Gasteiger partial charge in [-0.25, -0.2) is 0 Å². The zero-order valence-electron chi connectivity index (χ0n) is 8.41. The Morgan fingerprint density at radius 2 is 2.21 bits per heavy atom. The topological polar surface area (TPSA) is 39.2 Å². The average Bonchev–Trinajstić information content (AvgIpc) is 2.18. The number of carbonyl (C=O) groups is 1. The van der Waals surface area contributed by atoms with E-state index >= 15 is 0 Å². The first kappa shape index (κ1) is 9.34. The summed E-state index contributed by atoms with van der Waals surface area (Å²) in [5.41, 5.74) is 2.67. The summed E-state index contributed by atoms with van der Waals surface area (Å²) in [5.74, 6) is 0.423. The third-order valence-corrected chi connectivity index (χ3v) is 2.39. The van der Waals surface area contributed by atoms with Gasteiger partial charge < -0.3 is 4.74 Å². The number of carbonyl (C=O) groups excluding carboxylic acids is 1. The van der Waals surface area contributed by atoms with E-state index in [-0.39, 0.29) is 12.4 Å². The normalized spacial score (nSPS) is 15.8. The molecule has 2 rings (SSSR count). The lowest BCUT2D eigenvalue weighted by Gasteiger charge is -2.16. The van der Waals surface area contributed by atoms with E-state index in [0.29, 0.717) is 12.5 Å². The molecule has 1 aromatic heterocycles. The summed E-state index contributed by atoms with van der Waals surface area (Å²) in [6, 6.07) is 1.89. The van der Waals surface area contributed by atoms with E-state index in [1.807, 2.05) is 6.07 Å². The third kappa shape index (κ3) is 1.55. The number of aromatic nitrogens is 1. The van der Waals surface area contributed by atoms with Crippen LogP contribution in [0.25, 0.3) is 0 Å². The van der Waals surface area contributed by atoms with Crippen LogP contribution in [0, 0.1) is 0 Å². The van der Waals surface area contributed by atoms with E-state index in [4.69, 9.17) is 4.74 Å². The largest absolute Gasteiger partial charge is 0.369 e.